The van der Waals surface area contributed by atoms with E-state index in [9.17, 15) is 4.79 Å². The van der Waals surface area contributed by atoms with Gasteiger partial charge in [0.1, 0.15) is 0 Å². The van der Waals surface area contributed by atoms with Gasteiger partial charge in [0, 0.05) is 18.6 Å². The fraction of sp³-hybridized carbons (Fsp3) is 0.923. The molecule has 0 bridgehead atoms. The molecule has 1 N–H and O–H groups in total. The van der Waals surface area contributed by atoms with Gasteiger partial charge in [0.05, 0.1) is 19.1 Å². The third kappa shape index (κ3) is 5.50. The van der Waals surface area contributed by atoms with E-state index in [1.807, 2.05) is 13.8 Å². The fourth-order valence-electron chi connectivity index (χ4n) is 2.06. The summed E-state index contributed by atoms with van der Waals surface area (Å²) in [5.41, 5.74) is 0. The Kier molecular flexibility index (Phi) is 8.17. The molecule has 0 radical (unpaired) electrons. The van der Waals surface area contributed by atoms with Crippen LogP contribution < -0.4 is 0 Å². The van der Waals surface area contributed by atoms with Crippen LogP contribution in [0.1, 0.15) is 41.0 Å². The van der Waals surface area contributed by atoms with Crippen molar-refractivity contribution in [1.82, 2.24) is 4.90 Å². The summed E-state index contributed by atoms with van der Waals surface area (Å²) in [6.45, 7) is 12.4. The molecule has 0 saturated carbocycles. The van der Waals surface area contributed by atoms with E-state index in [2.05, 4.69) is 18.7 Å². The zero-order valence-electron chi connectivity index (χ0n) is 11.8. The minimum atomic E-state index is -0.718. The Balaban J connectivity index is 0.00000121. The van der Waals surface area contributed by atoms with Crippen molar-refractivity contribution in [2.45, 2.75) is 53.1 Å². The highest BCUT2D eigenvalue weighted by molar-refractivity contribution is 5.69. The van der Waals surface area contributed by atoms with Crippen molar-refractivity contribution in [1.29, 1.82) is 0 Å². The van der Waals surface area contributed by atoms with Crippen molar-refractivity contribution < 1.29 is 14.6 Å². The van der Waals surface area contributed by atoms with Gasteiger partial charge in [0.25, 0.3) is 0 Å². The lowest BCUT2D eigenvalue weighted by atomic mass is 9.99. The summed E-state index contributed by atoms with van der Waals surface area (Å²) in [7, 11) is 0. The first-order valence-electron chi connectivity index (χ1n) is 6.58. The van der Waals surface area contributed by atoms with Crippen LogP contribution in [0.2, 0.25) is 0 Å². The van der Waals surface area contributed by atoms with E-state index in [0.717, 1.165) is 13.2 Å². The van der Waals surface area contributed by atoms with Crippen LogP contribution in [0, 0.1) is 5.92 Å². The molecule has 0 aromatic heterocycles. The van der Waals surface area contributed by atoms with Gasteiger partial charge in [-0.05, 0) is 20.3 Å². The minimum Gasteiger partial charge on any atom is -0.481 e. The summed E-state index contributed by atoms with van der Waals surface area (Å²) in [4.78, 5) is 13.1. The summed E-state index contributed by atoms with van der Waals surface area (Å²) in [5, 5.41) is 8.88. The van der Waals surface area contributed by atoms with Crippen LogP contribution >= 0.6 is 0 Å². The molecule has 4 nitrogen and oxygen atoms in total. The molecule has 1 rings (SSSR count). The number of morpholine rings is 1. The van der Waals surface area contributed by atoms with Gasteiger partial charge in [-0.15, -0.1) is 0 Å². The van der Waals surface area contributed by atoms with Gasteiger partial charge in [0.15, 0.2) is 0 Å². The lowest BCUT2D eigenvalue weighted by Gasteiger charge is -2.39. The van der Waals surface area contributed by atoms with Crippen LogP contribution in [-0.4, -0.2) is 47.8 Å². The van der Waals surface area contributed by atoms with E-state index in [0.29, 0.717) is 19.1 Å². The molecule has 1 saturated heterocycles. The van der Waals surface area contributed by atoms with Gasteiger partial charge >= 0.3 is 5.97 Å². The molecule has 1 heterocycles. The summed E-state index contributed by atoms with van der Waals surface area (Å²) in [6, 6.07) is 0.713. The predicted molar refractivity (Wildman–Crippen MR) is 69.2 cm³/mol. The summed E-state index contributed by atoms with van der Waals surface area (Å²) in [6.07, 6.45) is 0.674. The Hall–Kier alpha value is -0.610. The average Bonchev–Trinajstić information content (AvgIpc) is 2.32. The molecule has 4 heteroatoms. The molecule has 1 fully saturated rings. The van der Waals surface area contributed by atoms with Crippen molar-refractivity contribution in [3.05, 3.63) is 0 Å². The third-order valence-electron chi connectivity index (χ3n) is 2.98. The Morgan fingerprint density at radius 2 is 2.00 bits per heavy atom. The molecular weight excluding hydrogens is 218 g/mol. The Morgan fingerprint density at radius 1 is 1.41 bits per heavy atom. The molecule has 2 unspecified atom stereocenters. The normalized spacial score (nSPS) is 22.8. The largest absolute Gasteiger partial charge is 0.481 e. The van der Waals surface area contributed by atoms with Crippen LogP contribution in [0.3, 0.4) is 0 Å². The van der Waals surface area contributed by atoms with Crippen molar-refractivity contribution in [2.24, 2.45) is 5.92 Å². The van der Waals surface area contributed by atoms with Crippen LogP contribution in [0.4, 0.5) is 0 Å². The zero-order valence-corrected chi connectivity index (χ0v) is 11.8. The standard InChI is InChI=1S/C11H21NO3.C2H6/c1-8(2)12-4-5-15-7-10(12)6-9(3)11(13)14;1-2/h8-10H,4-7H2,1-3H3,(H,13,14);1-2H3. The monoisotopic (exact) mass is 245 g/mol. The summed E-state index contributed by atoms with van der Waals surface area (Å²) >= 11 is 0. The van der Waals surface area contributed by atoms with E-state index in [1.54, 1.807) is 6.92 Å². The highest BCUT2D eigenvalue weighted by Gasteiger charge is 2.28. The van der Waals surface area contributed by atoms with Crippen molar-refractivity contribution in [3.8, 4) is 0 Å². The van der Waals surface area contributed by atoms with Gasteiger partial charge in [-0.2, -0.15) is 0 Å². The first-order chi connectivity index (χ1) is 8.02. The first-order valence-corrected chi connectivity index (χ1v) is 6.58. The Morgan fingerprint density at radius 3 is 2.47 bits per heavy atom. The molecule has 0 spiro atoms. The molecule has 17 heavy (non-hydrogen) atoms. The number of carboxylic acids is 1. The SMILES string of the molecule is CC.CC(CC1COCCN1C(C)C)C(=O)O. The van der Waals surface area contributed by atoms with E-state index >= 15 is 0 Å². The fourth-order valence-corrected chi connectivity index (χ4v) is 2.06. The third-order valence-corrected chi connectivity index (χ3v) is 2.98. The second-order valence-electron chi connectivity index (χ2n) is 4.54. The predicted octanol–water partition coefficient (Wildman–Crippen LogP) is 2.23. The number of hydrogen-bond acceptors (Lipinski definition) is 3. The van der Waals surface area contributed by atoms with E-state index in [1.165, 1.54) is 0 Å². The van der Waals surface area contributed by atoms with Crippen LogP contribution in [0.5, 0.6) is 0 Å². The summed E-state index contributed by atoms with van der Waals surface area (Å²) < 4.78 is 5.41. The van der Waals surface area contributed by atoms with Crippen molar-refractivity contribution in [3.63, 3.8) is 0 Å². The highest BCUT2D eigenvalue weighted by Crippen LogP contribution is 2.18. The topological polar surface area (TPSA) is 49.8 Å². The zero-order chi connectivity index (χ0) is 13.4. The number of carbonyl (C=O) groups is 1. The maximum atomic E-state index is 10.8. The van der Waals surface area contributed by atoms with Crippen molar-refractivity contribution in [2.75, 3.05) is 19.8 Å². The van der Waals surface area contributed by atoms with Crippen LogP contribution in [-0.2, 0) is 9.53 Å². The maximum absolute atomic E-state index is 10.8. The van der Waals surface area contributed by atoms with Gasteiger partial charge in [-0.3, -0.25) is 9.69 Å². The molecule has 102 valence electrons. The molecule has 2 atom stereocenters. The van der Waals surface area contributed by atoms with Gasteiger partial charge in [-0.1, -0.05) is 20.8 Å². The molecule has 0 aliphatic carbocycles. The molecule has 0 aromatic carbocycles. The number of carboxylic acid groups (broad SMARTS) is 1. The molecular formula is C13H27NO3. The number of nitrogens with zero attached hydrogens (tertiary/aromatic N) is 1. The Labute approximate surface area is 105 Å². The number of hydrogen-bond donors (Lipinski definition) is 1. The molecule has 0 aromatic rings. The number of rotatable bonds is 4. The van der Waals surface area contributed by atoms with Gasteiger partial charge in [0.2, 0.25) is 0 Å². The lowest BCUT2D eigenvalue weighted by molar-refractivity contribution is -0.142. The highest BCUT2D eigenvalue weighted by atomic mass is 16.5. The van der Waals surface area contributed by atoms with E-state index < -0.39 is 5.97 Å². The minimum absolute atomic E-state index is 0.254. The Bertz CT molecular complexity index is 219. The van der Waals surface area contributed by atoms with Crippen LogP contribution in [0.25, 0.3) is 0 Å². The summed E-state index contributed by atoms with van der Waals surface area (Å²) in [5.74, 6) is -1.01. The van der Waals surface area contributed by atoms with E-state index in [4.69, 9.17) is 9.84 Å². The van der Waals surface area contributed by atoms with Crippen LogP contribution in [0.15, 0.2) is 0 Å². The van der Waals surface area contributed by atoms with Crippen molar-refractivity contribution >= 4 is 5.97 Å². The first kappa shape index (κ1) is 16.4. The van der Waals surface area contributed by atoms with Gasteiger partial charge in [-0.25, -0.2) is 0 Å². The van der Waals surface area contributed by atoms with Gasteiger partial charge < -0.3 is 9.84 Å². The molecule has 1 aliphatic rings. The lowest BCUT2D eigenvalue weighted by Crippen LogP contribution is -2.49. The maximum Gasteiger partial charge on any atom is 0.306 e. The average molecular weight is 245 g/mol. The number of ether oxygens (including phenoxy) is 1. The molecule has 0 amide bonds. The molecule has 1 aliphatic heterocycles. The van der Waals surface area contributed by atoms with E-state index in [-0.39, 0.29) is 12.0 Å². The second-order valence-corrected chi connectivity index (χ2v) is 4.54. The second kappa shape index (κ2) is 8.48. The quantitative estimate of drug-likeness (QED) is 0.825. The number of aliphatic carboxylic acids is 1. The smallest absolute Gasteiger partial charge is 0.306 e.